The van der Waals surface area contributed by atoms with Crippen LogP contribution >= 0.6 is 11.6 Å². The first kappa shape index (κ1) is 12.4. The summed E-state index contributed by atoms with van der Waals surface area (Å²) in [5.74, 6) is 0.0796. The van der Waals surface area contributed by atoms with E-state index < -0.39 is 5.91 Å². The first-order chi connectivity index (χ1) is 8.66. The van der Waals surface area contributed by atoms with Gasteiger partial charge in [0.25, 0.3) is 0 Å². The summed E-state index contributed by atoms with van der Waals surface area (Å²) in [5, 5.41) is 0.325. The molecule has 5 heteroatoms. The molecule has 0 saturated carbocycles. The number of ether oxygens (including phenoxy) is 1. The minimum atomic E-state index is -0.447. The zero-order chi connectivity index (χ0) is 13.0. The topological polar surface area (TPSA) is 65.2 Å². The highest BCUT2D eigenvalue weighted by atomic mass is 35.5. The number of aromatic nitrogens is 1. The van der Waals surface area contributed by atoms with Gasteiger partial charge in [-0.2, -0.15) is 0 Å². The lowest BCUT2D eigenvalue weighted by Crippen LogP contribution is -2.10. The van der Waals surface area contributed by atoms with Crippen LogP contribution in [0.1, 0.15) is 15.9 Å². The molecule has 0 aliphatic carbocycles. The predicted molar refractivity (Wildman–Crippen MR) is 68.5 cm³/mol. The fourth-order valence-corrected chi connectivity index (χ4v) is 1.58. The average Bonchev–Trinajstić information content (AvgIpc) is 2.38. The number of amides is 1. The van der Waals surface area contributed by atoms with Gasteiger partial charge in [0, 0.05) is 11.8 Å². The third kappa shape index (κ3) is 2.99. The van der Waals surface area contributed by atoms with E-state index in [0.717, 1.165) is 5.56 Å². The minimum Gasteiger partial charge on any atom is -0.486 e. The molecule has 0 spiro atoms. The van der Waals surface area contributed by atoms with E-state index in [1.165, 1.54) is 0 Å². The van der Waals surface area contributed by atoms with Crippen molar-refractivity contribution in [2.75, 3.05) is 0 Å². The van der Waals surface area contributed by atoms with Crippen LogP contribution in [0, 0.1) is 0 Å². The molecule has 2 rings (SSSR count). The number of halogens is 1. The molecule has 1 amide bonds. The largest absolute Gasteiger partial charge is 0.486 e. The van der Waals surface area contributed by atoms with Crippen LogP contribution in [-0.4, -0.2) is 10.9 Å². The second kappa shape index (κ2) is 5.51. The zero-order valence-corrected chi connectivity index (χ0v) is 10.2. The summed E-state index contributed by atoms with van der Waals surface area (Å²) in [6.45, 7) is 0.352. The van der Waals surface area contributed by atoms with E-state index in [0.29, 0.717) is 23.1 Å². The zero-order valence-electron chi connectivity index (χ0n) is 9.47. The SMILES string of the molecule is NC(=O)c1ccc(COc2cccnc2Cl)cc1. The number of benzene rings is 1. The molecular weight excluding hydrogens is 252 g/mol. The van der Waals surface area contributed by atoms with Gasteiger partial charge in [0.1, 0.15) is 6.61 Å². The smallest absolute Gasteiger partial charge is 0.248 e. The molecule has 2 aromatic rings. The number of pyridine rings is 1. The number of hydrogen-bond acceptors (Lipinski definition) is 3. The third-order valence-electron chi connectivity index (χ3n) is 2.36. The van der Waals surface area contributed by atoms with Crippen LogP contribution in [-0.2, 0) is 6.61 Å². The number of carbonyl (C=O) groups excluding carboxylic acids is 1. The molecule has 4 nitrogen and oxygen atoms in total. The van der Waals surface area contributed by atoms with Crippen LogP contribution in [0.4, 0.5) is 0 Å². The van der Waals surface area contributed by atoms with Crippen LogP contribution in [0.5, 0.6) is 5.75 Å². The van der Waals surface area contributed by atoms with E-state index in [2.05, 4.69) is 4.98 Å². The highest BCUT2D eigenvalue weighted by molar-refractivity contribution is 6.30. The van der Waals surface area contributed by atoms with E-state index in [-0.39, 0.29) is 0 Å². The maximum atomic E-state index is 10.9. The molecule has 0 fully saturated rings. The summed E-state index contributed by atoms with van der Waals surface area (Å²) in [6.07, 6.45) is 1.59. The molecule has 1 aromatic carbocycles. The molecular formula is C13H11ClN2O2. The fraction of sp³-hybridized carbons (Fsp3) is 0.0769. The summed E-state index contributed by atoms with van der Waals surface area (Å²) in [6, 6.07) is 10.4. The third-order valence-corrected chi connectivity index (χ3v) is 2.64. The van der Waals surface area contributed by atoms with Gasteiger partial charge >= 0.3 is 0 Å². The summed E-state index contributed by atoms with van der Waals surface area (Å²) in [5.41, 5.74) is 6.54. The lowest BCUT2D eigenvalue weighted by atomic mass is 10.1. The normalized spacial score (nSPS) is 10.1. The maximum Gasteiger partial charge on any atom is 0.248 e. The van der Waals surface area contributed by atoms with Crippen LogP contribution in [0.25, 0.3) is 0 Å². The van der Waals surface area contributed by atoms with Crippen molar-refractivity contribution in [2.45, 2.75) is 6.61 Å². The van der Waals surface area contributed by atoms with Crippen molar-refractivity contribution in [2.24, 2.45) is 5.73 Å². The highest BCUT2D eigenvalue weighted by Crippen LogP contribution is 2.21. The van der Waals surface area contributed by atoms with E-state index in [1.807, 2.05) is 0 Å². The number of hydrogen-bond donors (Lipinski definition) is 1. The standard InChI is InChI=1S/C13H11ClN2O2/c14-12-11(2-1-7-16-12)18-8-9-3-5-10(6-4-9)13(15)17/h1-7H,8H2,(H2,15,17). The fourth-order valence-electron chi connectivity index (χ4n) is 1.41. The van der Waals surface area contributed by atoms with Crippen LogP contribution < -0.4 is 10.5 Å². The van der Waals surface area contributed by atoms with E-state index in [1.54, 1.807) is 42.6 Å². The summed E-state index contributed by atoms with van der Waals surface area (Å²) in [4.78, 5) is 14.8. The van der Waals surface area contributed by atoms with Crippen LogP contribution in [0.3, 0.4) is 0 Å². The van der Waals surface area contributed by atoms with Crippen molar-refractivity contribution < 1.29 is 9.53 Å². The number of nitrogens with two attached hydrogens (primary N) is 1. The van der Waals surface area contributed by atoms with Gasteiger partial charge in [-0.25, -0.2) is 4.98 Å². The van der Waals surface area contributed by atoms with Crippen LogP contribution in [0.2, 0.25) is 5.15 Å². The Balaban J connectivity index is 2.02. The quantitative estimate of drug-likeness (QED) is 0.861. The van der Waals surface area contributed by atoms with Gasteiger partial charge < -0.3 is 10.5 Å². The van der Waals surface area contributed by atoms with Gasteiger partial charge in [-0.1, -0.05) is 23.7 Å². The monoisotopic (exact) mass is 262 g/mol. The van der Waals surface area contributed by atoms with E-state index in [4.69, 9.17) is 22.1 Å². The van der Waals surface area contributed by atoms with Crippen molar-refractivity contribution in [3.8, 4) is 5.75 Å². The Morgan fingerprint density at radius 2 is 2.00 bits per heavy atom. The van der Waals surface area contributed by atoms with Gasteiger partial charge in [-0.05, 0) is 29.8 Å². The molecule has 92 valence electrons. The molecule has 0 radical (unpaired) electrons. The Labute approximate surface area is 109 Å². The molecule has 0 bridgehead atoms. The van der Waals surface area contributed by atoms with Crippen molar-refractivity contribution in [3.63, 3.8) is 0 Å². The van der Waals surface area contributed by atoms with Gasteiger partial charge in [0.05, 0.1) is 0 Å². The van der Waals surface area contributed by atoms with Crippen LogP contribution in [0.15, 0.2) is 42.6 Å². The minimum absolute atomic E-state index is 0.325. The Hall–Kier alpha value is -2.07. The second-order valence-electron chi connectivity index (χ2n) is 3.64. The van der Waals surface area contributed by atoms with Crippen molar-refractivity contribution in [1.29, 1.82) is 0 Å². The Morgan fingerprint density at radius 3 is 2.61 bits per heavy atom. The van der Waals surface area contributed by atoms with Gasteiger partial charge in [0.2, 0.25) is 5.91 Å². The molecule has 18 heavy (non-hydrogen) atoms. The molecule has 1 aromatic heterocycles. The highest BCUT2D eigenvalue weighted by Gasteiger charge is 2.03. The summed E-state index contributed by atoms with van der Waals surface area (Å²) in [7, 11) is 0. The van der Waals surface area contributed by atoms with Crippen molar-refractivity contribution in [3.05, 3.63) is 58.9 Å². The number of primary amides is 1. The van der Waals surface area contributed by atoms with Gasteiger partial charge in [-0.15, -0.1) is 0 Å². The van der Waals surface area contributed by atoms with Gasteiger partial charge in [-0.3, -0.25) is 4.79 Å². The Bertz CT molecular complexity index is 555. The Kier molecular flexibility index (Phi) is 3.79. The lowest BCUT2D eigenvalue weighted by molar-refractivity contribution is 0.1000. The Morgan fingerprint density at radius 1 is 1.28 bits per heavy atom. The number of rotatable bonds is 4. The number of carbonyl (C=O) groups is 1. The lowest BCUT2D eigenvalue weighted by Gasteiger charge is -2.07. The second-order valence-corrected chi connectivity index (χ2v) is 4.00. The van der Waals surface area contributed by atoms with Crippen molar-refractivity contribution >= 4 is 17.5 Å². The molecule has 2 N–H and O–H groups in total. The first-order valence-corrected chi connectivity index (χ1v) is 5.66. The van der Waals surface area contributed by atoms with Crippen molar-refractivity contribution in [1.82, 2.24) is 4.98 Å². The number of nitrogens with zero attached hydrogens (tertiary/aromatic N) is 1. The molecule has 1 heterocycles. The molecule has 0 aliphatic rings. The molecule has 0 saturated heterocycles. The van der Waals surface area contributed by atoms with E-state index >= 15 is 0 Å². The summed E-state index contributed by atoms with van der Waals surface area (Å²) < 4.78 is 5.51. The summed E-state index contributed by atoms with van der Waals surface area (Å²) >= 11 is 5.86. The first-order valence-electron chi connectivity index (χ1n) is 5.29. The average molecular weight is 263 g/mol. The predicted octanol–water partition coefficient (Wildman–Crippen LogP) is 2.41. The van der Waals surface area contributed by atoms with Gasteiger partial charge in [0.15, 0.2) is 10.9 Å². The van der Waals surface area contributed by atoms with E-state index in [9.17, 15) is 4.79 Å². The molecule has 0 atom stereocenters. The maximum absolute atomic E-state index is 10.9. The molecule has 0 unspecified atom stereocenters. The molecule has 0 aliphatic heterocycles.